The summed E-state index contributed by atoms with van der Waals surface area (Å²) < 4.78 is 16.8. The summed E-state index contributed by atoms with van der Waals surface area (Å²) in [5.74, 6) is 1.64. The minimum Gasteiger partial charge on any atom is -0.497 e. The fourth-order valence-electron chi connectivity index (χ4n) is 4.58. The summed E-state index contributed by atoms with van der Waals surface area (Å²) in [6.45, 7) is 0.644. The van der Waals surface area contributed by atoms with E-state index in [1.54, 1.807) is 32.4 Å². The smallest absolute Gasteiger partial charge is 0.254 e. The van der Waals surface area contributed by atoms with Gasteiger partial charge in [0.25, 0.3) is 5.91 Å². The van der Waals surface area contributed by atoms with Gasteiger partial charge in [0.15, 0.2) is 5.58 Å². The number of aromatic nitrogens is 1. The van der Waals surface area contributed by atoms with Crippen LogP contribution in [-0.2, 0) is 0 Å². The number of fused-ring (bicyclic) bond motifs is 1. The molecule has 0 bridgehead atoms. The molecule has 35 heavy (non-hydrogen) atoms. The van der Waals surface area contributed by atoms with Crippen molar-refractivity contribution >= 4 is 22.7 Å². The summed E-state index contributed by atoms with van der Waals surface area (Å²) in [5.41, 5.74) is 5.37. The molecule has 0 aliphatic carbocycles. The lowest BCUT2D eigenvalue weighted by atomic mass is 10.0. The SMILES string of the molecule is COc1cc(OC)cc(C(=O)N2CCCC2c2nc3cc(-c4ccc(N(C)C)cc4)ccc3o2)c1. The number of methoxy groups -OCH3 is 2. The van der Waals surface area contributed by atoms with Gasteiger partial charge in [-0.3, -0.25) is 4.79 Å². The van der Waals surface area contributed by atoms with Crippen molar-refractivity contribution in [1.82, 2.24) is 9.88 Å². The van der Waals surface area contributed by atoms with E-state index in [9.17, 15) is 4.79 Å². The van der Waals surface area contributed by atoms with E-state index in [-0.39, 0.29) is 11.9 Å². The second kappa shape index (κ2) is 9.33. The second-order valence-electron chi connectivity index (χ2n) is 8.93. The fraction of sp³-hybridized carbons (Fsp3) is 0.286. The summed E-state index contributed by atoms with van der Waals surface area (Å²) in [5, 5.41) is 0. The number of likely N-dealkylation sites (tertiary alicyclic amines) is 1. The van der Waals surface area contributed by atoms with Crippen molar-refractivity contribution in [3.63, 3.8) is 0 Å². The maximum absolute atomic E-state index is 13.4. The zero-order chi connectivity index (χ0) is 24.5. The minimum atomic E-state index is -0.213. The summed E-state index contributed by atoms with van der Waals surface area (Å²) in [7, 11) is 7.20. The first-order valence-corrected chi connectivity index (χ1v) is 11.7. The van der Waals surface area contributed by atoms with Gasteiger partial charge < -0.3 is 23.7 Å². The van der Waals surface area contributed by atoms with Gasteiger partial charge in [-0.15, -0.1) is 0 Å². The number of rotatable bonds is 6. The number of benzene rings is 3. The Balaban J connectivity index is 1.43. The van der Waals surface area contributed by atoms with Crippen molar-refractivity contribution in [2.45, 2.75) is 18.9 Å². The quantitative estimate of drug-likeness (QED) is 0.367. The molecule has 5 rings (SSSR count). The zero-order valence-corrected chi connectivity index (χ0v) is 20.4. The van der Waals surface area contributed by atoms with Gasteiger partial charge in [-0.2, -0.15) is 0 Å². The van der Waals surface area contributed by atoms with Gasteiger partial charge in [0, 0.05) is 38.0 Å². The van der Waals surface area contributed by atoms with Gasteiger partial charge in [-0.25, -0.2) is 4.98 Å². The molecule has 2 heterocycles. The number of carbonyl (C=O) groups excluding carboxylic acids is 1. The van der Waals surface area contributed by atoms with Crippen LogP contribution in [-0.4, -0.2) is 50.7 Å². The Hall–Kier alpha value is -4.00. The van der Waals surface area contributed by atoms with Crippen LogP contribution in [0.3, 0.4) is 0 Å². The number of hydrogen-bond acceptors (Lipinski definition) is 6. The molecule has 1 aliphatic rings. The maximum atomic E-state index is 13.4. The summed E-state index contributed by atoms with van der Waals surface area (Å²) in [4.78, 5) is 22.2. The van der Waals surface area contributed by atoms with Gasteiger partial charge in [-0.1, -0.05) is 18.2 Å². The molecule has 1 amide bonds. The largest absolute Gasteiger partial charge is 0.497 e. The normalized spacial score (nSPS) is 15.4. The van der Waals surface area contributed by atoms with Gasteiger partial charge in [0.05, 0.1) is 14.2 Å². The first-order chi connectivity index (χ1) is 17.0. The molecule has 1 atom stereocenters. The molecule has 1 fully saturated rings. The van der Waals surface area contributed by atoms with E-state index in [1.807, 2.05) is 37.2 Å². The van der Waals surface area contributed by atoms with Crippen molar-refractivity contribution in [3.8, 4) is 22.6 Å². The van der Waals surface area contributed by atoms with Crippen molar-refractivity contribution in [2.24, 2.45) is 0 Å². The van der Waals surface area contributed by atoms with Gasteiger partial charge in [-0.05, 0) is 60.4 Å². The lowest BCUT2D eigenvalue weighted by Gasteiger charge is -2.22. The van der Waals surface area contributed by atoms with E-state index < -0.39 is 0 Å². The van der Waals surface area contributed by atoms with Crippen LogP contribution in [0.25, 0.3) is 22.2 Å². The van der Waals surface area contributed by atoms with Crippen LogP contribution in [0.1, 0.15) is 35.1 Å². The molecule has 7 heteroatoms. The first-order valence-electron chi connectivity index (χ1n) is 11.7. The third-order valence-electron chi connectivity index (χ3n) is 6.52. The highest BCUT2D eigenvalue weighted by molar-refractivity contribution is 5.95. The maximum Gasteiger partial charge on any atom is 0.254 e. The van der Waals surface area contributed by atoms with Crippen LogP contribution in [0.4, 0.5) is 5.69 Å². The van der Waals surface area contributed by atoms with E-state index >= 15 is 0 Å². The van der Waals surface area contributed by atoms with Crippen molar-refractivity contribution in [2.75, 3.05) is 39.8 Å². The molecule has 0 radical (unpaired) electrons. The molecular weight excluding hydrogens is 442 g/mol. The number of amides is 1. The highest BCUT2D eigenvalue weighted by Gasteiger charge is 2.34. The van der Waals surface area contributed by atoms with Crippen molar-refractivity contribution in [3.05, 3.63) is 72.1 Å². The Morgan fingerprint density at radius 1 is 0.971 bits per heavy atom. The van der Waals surface area contributed by atoms with Crippen molar-refractivity contribution < 1.29 is 18.7 Å². The Kier molecular flexibility index (Phi) is 6.07. The molecule has 1 unspecified atom stereocenters. The van der Waals surface area contributed by atoms with Crippen LogP contribution in [0.15, 0.2) is 65.1 Å². The molecular formula is C28H29N3O4. The molecule has 4 aromatic rings. The predicted molar refractivity (Wildman–Crippen MR) is 136 cm³/mol. The lowest BCUT2D eigenvalue weighted by Crippen LogP contribution is -2.30. The van der Waals surface area contributed by atoms with E-state index in [0.717, 1.165) is 40.8 Å². The minimum absolute atomic E-state index is 0.0892. The molecule has 3 aromatic carbocycles. The van der Waals surface area contributed by atoms with E-state index in [0.29, 0.717) is 29.5 Å². The summed E-state index contributed by atoms with van der Waals surface area (Å²) >= 11 is 0. The molecule has 180 valence electrons. The Bertz CT molecular complexity index is 1340. The summed E-state index contributed by atoms with van der Waals surface area (Å²) in [6, 6.07) is 19.5. The van der Waals surface area contributed by atoms with Crippen LogP contribution in [0.2, 0.25) is 0 Å². The average molecular weight is 472 g/mol. The van der Waals surface area contributed by atoms with E-state index in [2.05, 4.69) is 29.2 Å². The number of hydrogen-bond donors (Lipinski definition) is 0. The third-order valence-corrected chi connectivity index (χ3v) is 6.52. The third kappa shape index (κ3) is 4.41. The highest BCUT2D eigenvalue weighted by Crippen LogP contribution is 2.36. The second-order valence-corrected chi connectivity index (χ2v) is 8.93. The molecule has 0 saturated carbocycles. The topological polar surface area (TPSA) is 68.0 Å². The number of oxazole rings is 1. The molecule has 0 spiro atoms. The number of ether oxygens (including phenoxy) is 2. The molecule has 1 saturated heterocycles. The van der Waals surface area contributed by atoms with Gasteiger partial charge in [0.1, 0.15) is 23.1 Å². The predicted octanol–water partition coefficient (Wildman–Crippen LogP) is 5.56. The van der Waals surface area contributed by atoms with Crippen LogP contribution in [0, 0.1) is 0 Å². The Morgan fingerprint density at radius 2 is 1.66 bits per heavy atom. The average Bonchev–Trinajstić information content (AvgIpc) is 3.54. The molecule has 1 aromatic heterocycles. The molecule has 7 nitrogen and oxygen atoms in total. The van der Waals surface area contributed by atoms with Crippen LogP contribution >= 0.6 is 0 Å². The molecule has 1 aliphatic heterocycles. The van der Waals surface area contributed by atoms with Crippen LogP contribution < -0.4 is 14.4 Å². The van der Waals surface area contributed by atoms with Crippen molar-refractivity contribution in [1.29, 1.82) is 0 Å². The first kappa shape index (κ1) is 22.8. The molecule has 0 N–H and O–H groups in total. The lowest BCUT2D eigenvalue weighted by molar-refractivity contribution is 0.0716. The Morgan fingerprint density at radius 3 is 2.31 bits per heavy atom. The standard InChI is InChI=1S/C28H29N3O4/c1-30(2)21-10-7-18(8-11-21)19-9-12-26-24(16-19)29-27(35-26)25-6-5-13-31(25)28(32)20-14-22(33-3)17-23(15-20)34-4/h7-12,14-17,25H,5-6,13H2,1-4H3. The Labute approximate surface area is 204 Å². The van der Waals surface area contributed by atoms with E-state index in [4.69, 9.17) is 18.9 Å². The summed E-state index contributed by atoms with van der Waals surface area (Å²) in [6.07, 6.45) is 1.69. The highest BCUT2D eigenvalue weighted by atomic mass is 16.5. The van der Waals surface area contributed by atoms with Gasteiger partial charge >= 0.3 is 0 Å². The monoisotopic (exact) mass is 471 g/mol. The van der Waals surface area contributed by atoms with E-state index in [1.165, 1.54) is 0 Å². The number of nitrogens with zero attached hydrogens (tertiary/aromatic N) is 3. The number of carbonyl (C=O) groups is 1. The zero-order valence-electron chi connectivity index (χ0n) is 20.4. The van der Waals surface area contributed by atoms with Crippen LogP contribution in [0.5, 0.6) is 11.5 Å². The fourth-order valence-corrected chi connectivity index (χ4v) is 4.58. The van der Waals surface area contributed by atoms with Gasteiger partial charge in [0.2, 0.25) is 5.89 Å². The number of anilines is 1.